The largest absolute Gasteiger partial charge is 0.433 e. The molecule has 2 aliphatic heterocycles. The van der Waals surface area contributed by atoms with E-state index in [-0.39, 0.29) is 72.1 Å². The lowest BCUT2D eigenvalue weighted by molar-refractivity contribution is -0.141. The normalized spacial score (nSPS) is 22.3. The van der Waals surface area contributed by atoms with E-state index in [1.807, 2.05) is 24.0 Å². The van der Waals surface area contributed by atoms with Crippen LogP contribution in [0, 0.1) is 28.5 Å². The van der Waals surface area contributed by atoms with E-state index in [1.165, 1.54) is 16.8 Å². The zero-order valence-corrected chi connectivity index (χ0v) is 25.7. The number of carbonyl (C=O) groups is 2. The number of amidine groups is 1. The highest BCUT2D eigenvalue weighted by Gasteiger charge is 2.49. The number of amides is 2. The van der Waals surface area contributed by atoms with E-state index in [0.29, 0.717) is 35.2 Å². The van der Waals surface area contributed by atoms with Gasteiger partial charge < -0.3 is 16.0 Å². The smallest absolute Gasteiger partial charge is 0.368 e. The Balaban J connectivity index is 1.23. The molecule has 4 aliphatic rings. The van der Waals surface area contributed by atoms with Crippen molar-refractivity contribution in [3.8, 4) is 23.3 Å². The highest BCUT2D eigenvalue weighted by molar-refractivity contribution is 6.16. The number of aliphatic imine (C=N–C) groups is 1. The number of carbonyl (C=O) groups excluding carboxylic acids is 2. The highest BCUT2D eigenvalue weighted by Crippen LogP contribution is 2.48. The predicted molar refractivity (Wildman–Crippen MR) is 163 cm³/mol. The van der Waals surface area contributed by atoms with Gasteiger partial charge in [-0.3, -0.25) is 19.3 Å². The second-order valence-electron chi connectivity index (χ2n) is 12.9. The summed E-state index contributed by atoms with van der Waals surface area (Å²) in [5.41, 5.74) is 5.23. The van der Waals surface area contributed by atoms with E-state index in [1.54, 1.807) is 6.07 Å². The first-order valence-electron chi connectivity index (χ1n) is 15.6. The molecule has 2 atom stereocenters. The lowest BCUT2D eigenvalue weighted by Crippen LogP contribution is -2.53. The summed E-state index contributed by atoms with van der Waals surface area (Å²) in [4.78, 5) is 35.8. The van der Waals surface area contributed by atoms with Crippen molar-refractivity contribution in [1.29, 1.82) is 10.5 Å². The van der Waals surface area contributed by atoms with Crippen LogP contribution in [0.2, 0.25) is 0 Å². The van der Waals surface area contributed by atoms with E-state index in [9.17, 15) is 33.3 Å². The molecule has 2 aliphatic carbocycles. The standard InChI is InChI=1S/C33H29F4N9O2/c1-16-12-32(31(48)42-30(43-32)20-6-7-25(33(35,36)37)41-28(20)17-2-3-17)8-9-45(16)24-11-19(10-22(34)21(24)13-38)27-23(14-39)44-46(15-26(40)47)29(27)18-4-5-18/h6-7,10-11,16-18H,2-5,8-9,12,15H2,1H3,(H2,40,47)(H,42,43,48)/t16-,32+/m0/s1. The van der Waals surface area contributed by atoms with Crippen LogP contribution < -0.4 is 16.0 Å². The molecule has 1 saturated heterocycles. The number of hydrogen-bond donors (Lipinski definition) is 2. The summed E-state index contributed by atoms with van der Waals surface area (Å²) in [5, 5.41) is 27.0. The maximum Gasteiger partial charge on any atom is 0.433 e. The Labute approximate surface area is 272 Å². The minimum atomic E-state index is -4.61. The number of hydrogen-bond acceptors (Lipinski definition) is 8. The van der Waals surface area contributed by atoms with E-state index >= 15 is 4.39 Å². The quantitative estimate of drug-likeness (QED) is 0.355. The summed E-state index contributed by atoms with van der Waals surface area (Å²) in [6, 6.07) is 8.58. The third-order valence-corrected chi connectivity index (χ3v) is 9.49. The summed E-state index contributed by atoms with van der Waals surface area (Å²) in [5.74, 6) is -1.78. The molecule has 0 unspecified atom stereocenters. The lowest BCUT2D eigenvalue weighted by Gasteiger charge is -2.42. The van der Waals surface area contributed by atoms with E-state index in [0.717, 1.165) is 18.9 Å². The molecule has 3 fully saturated rings. The molecule has 1 spiro atoms. The number of nitrogens with one attached hydrogen (secondary N) is 1. The average molecular weight is 660 g/mol. The van der Waals surface area contributed by atoms with Gasteiger partial charge in [0.15, 0.2) is 5.69 Å². The summed E-state index contributed by atoms with van der Waals surface area (Å²) < 4.78 is 57.4. The number of primary amides is 1. The van der Waals surface area contributed by atoms with Gasteiger partial charge >= 0.3 is 6.18 Å². The fraction of sp³-hybridized carbons (Fsp3) is 0.424. The van der Waals surface area contributed by atoms with Crippen LogP contribution in [0.1, 0.15) is 91.2 Å². The molecule has 3 aromatic rings. The predicted octanol–water partition coefficient (Wildman–Crippen LogP) is 4.39. The van der Waals surface area contributed by atoms with E-state index < -0.39 is 35.2 Å². The van der Waals surface area contributed by atoms with Crippen LogP contribution >= 0.6 is 0 Å². The maximum atomic E-state index is 15.7. The van der Waals surface area contributed by atoms with Crippen LogP contribution in [0.25, 0.3) is 11.1 Å². The Hall–Kier alpha value is -5.31. The number of alkyl halides is 3. The first kappa shape index (κ1) is 31.3. The number of nitriles is 2. The Morgan fingerprint density at radius 3 is 2.48 bits per heavy atom. The molecule has 11 nitrogen and oxygen atoms in total. The van der Waals surface area contributed by atoms with Crippen molar-refractivity contribution < 1.29 is 27.2 Å². The number of rotatable bonds is 7. The molecular weight excluding hydrogens is 630 g/mol. The summed E-state index contributed by atoms with van der Waals surface area (Å²) in [7, 11) is 0. The Morgan fingerprint density at radius 2 is 1.88 bits per heavy atom. The first-order chi connectivity index (χ1) is 22.8. The fourth-order valence-corrected chi connectivity index (χ4v) is 6.99. The highest BCUT2D eigenvalue weighted by atomic mass is 19.4. The van der Waals surface area contributed by atoms with Crippen LogP contribution in [0.3, 0.4) is 0 Å². The Morgan fingerprint density at radius 1 is 1.15 bits per heavy atom. The molecule has 0 bridgehead atoms. The SMILES string of the molecule is C[C@H]1C[C@@]2(CCN1c1cc(-c3c(C#N)nn(CC(N)=O)c3C3CC3)cc(F)c1C#N)N=C(c1ccc(C(F)(F)F)nc1C1CC1)NC2=O. The van der Waals surface area contributed by atoms with Gasteiger partial charge in [0.2, 0.25) is 5.91 Å². The number of benzene rings is 1. The van der Waals surface area contributed by atoms with Crippen molar-refractivity contribution in [2.75, 3.05) is 11.4 Å². The number of aromatic nitrogens is 3. The van der Waals surface area contributed by atoms with Gasteiger partial charge in [-0.2, -0.15) is 28.8 Å². The molecule has 7 rings (SSSR count). The van der Waals surface area contributed by atoms with Gasteiger partial charge in [0.25, 0.3) is 5.91 Å². The first-order valence-corrected chi connectivity index (χ1v) is 15.6. The van der Waals surface area contributed by atoms with Gasteiger partial charge in [0, 0.05) is 42.0 Å². The van der Waals surface area contributed by atoms with Crippen LogP contribution in [0.5, 0.6) is 0 Å². The molecule has 4 heterocycles. The van der Waals surface area contributed by atoms with E-state index in [4.69, 9.17) is 10.7 Å². The topological polar surface area (TPSA) is 166 Å². The third-order valence-electron chi connectivity index (χ3n) is 9.49. The molecule has 48 heavy (non-hydrogen) atoms. The number of anilines is 1. The minimum Gasteiger partial charge on any atom is -0.368 e. The molecule has 0 radical (unpaired) electrons. The van der Waals surface area contributed by atoms with E-state index in [2.05, 4.69) is 15.4 Å². The molecule has 2 amide bonds. The van der Waals surface area contributed by atoms with Crippen molar-refractivity contribution in [3.63, 3.8) is 0 Å². The van der Waals surface area contributed by atoms with Gasteiger partial charge in [-0.1, -0.05) is 0 Å². The molecule has 2 saturated carbocycles. The second kappa shape index (κ2) is 11.1. The van der Waals surface area contributed by atoms with Crippen LogP contribution in [0.15, 0.2) is 29.3 Å². The minimum absolute atomic E-state index is 0.00618. The van der Waals surface area contributed by atoms with Crippen molar-refractivity contribution in [1.82, 2.24) is 20.1 Å². The van der Waals surface area contributed by atoms with Crippen molar-refractivity contribution in [2.24, 2.45) is 10.7 Å². The number of nitrogens with zero attached hydrogens (tertiary/aromatic N) is 7. The van der Waals surface area contributed by atoms with Gasteiger partial charge in [-0.15, -0.1) is 0 Å². The average Bonchev–Trinajstić information content (AvgIpc) is 3.97. The summed E-state index contributed by atoms with van der Waals surface area (Å²) in [6.07, 6.45) is -1.25. The summed E-state index contributed by atoms with van der Waals surface area (Å²) >= 11 is 0. The molecule has 15 heteroatoms. The zero-order chi connectivity index (χ0) is 34.1. The number of piperidine rings is 1. The fourth-order valence-electron chi connectivity index (χ4n) is 6.99. The Bertz CT molecular complexity index is 2000. The van der Waals surface area contributed by atoms with Gasteiger partial charge in [0.1, 0.15) is 47.1 Å². The van der Waals surface area contributed by atoms with Crippen LogP contribution in [-0.2, 0) is 22.3 Å². The Kier molecular flexibility index (Phi) is 7.27. The molecule has 246 valence electrons. The molecule has 3 N–H and O–H groups in total. The number of pyridine rings is 1. The molecule has 2 aromatic heterocycles. The van der Waals surface area contributed by atoms with Gasteiger partial charge in [0.05, 0.1) is 17.1 Å². The number of nitrogens with two attached hydrogens (primary N) is 1. The zero-order valence-electron chi connectivity index (χ0n) is 25.7. The van der Waals surface area contributed by atoms with Crippen molar-refractivity contribution >= 4 is 23.3 Å². The monoisotopic (exact) mass is 659 g/mol. The lowest BCUT2D eigenvalue weighted by atomic mass is 9.83. The van der Waals surface area contributed by atoms with Crippen molar-refractivity contribution in [3.05, 3.63) is 64.0 Å². The molecule has 1 aromatic carbocycles. The molecular formula is C33H29F4N9O2. The van der Waals surface area contributed by atoms with Crippen molar-refractivity contribution in [2.45, 2.75) is 81.6 Å². The number of halogens is 4. The van der Waals surface area contributed by atoms with Gasteiger partial charge in [-0.05, 0) is 68.9 Å². The second-order valence-corrected chi connectivity index (χ2v) is 12.9. The van der Waals surface area contributed by atoms with Gasteiger partial charge in [-0.25, -0.2) is 9.37 Å². The van der Waals surface area contributed by atoms with Crippen LogP contribution in [-0.4, -0.2) is 50.5 Å². The third kappa shape index (κ3) is 5.33. The summed E-state index contributed by atoms with van der Waals surface area (Å²) in [6.45, 7) is 1.78. The maximum absolute atomic E-state index is 15.7. The van der Waals surface area contributed by atoms with Crippen LogP contribution in [0.4, 0.5) is 23.2 Å².